The third-order valence-corrected chi connectivity index (χ3v) is 3.09. The molecule has 0 saturated carbocycles. The Labute approximate surface area is 100 Å². The molecule has 0 saturated heterocycles. The van der Waals surface area contributed by atoms with E-state index in [-0.39, 0.29) is 0 Å². The molecule has 0 bridgehead atoms. The van der Waals surface area contributed by atoms with Gasteiger partial charge in [0.25, 0.3) is 0 Å². The second-order valence-electron chi connectivity index (χ2n) is 4.35. The lowest BCUT2D eigenvalue weighted by Crippen LogP contribution is -1.88. The molecule has 84 valence electrons. The Bertz CT molecular complexity index is 627. The molecule has 3 N–H and O–H groups in total. The number of hydrogen-bond acceptors (Lipinski definition) is 1. The van der Waals surface area contributed by atoms with Gasteiger partial charge < -0.3 is 10.7 Å². The number of H-pyrrole nitrogens is 1. The van der Waals surface area contributed by atoms with Gasteiger partial charge in [0.15, 0.2) is 0 Å². The average Bonchev–Trinajstić information content (AvgIpc) is 2.74. The van der Waals surface area contributed by atoms with Crippen molar-refractivity contribution in [1.29, 1.82) is 0 Å². The first-order valence-electron chi connectivity index (χ1n) is 5.68. The molecule has 0 radical (unpaired) electrons. The Morgan fingerprint density at radius 3 is 2.53 bits per heavy atom. The molecule has 0 aliphatic heterocycles. The van der Waals surface area contributed by atoms with Gasteiger partial charge in [-0.15, -0.1) is 0 Å². The van der Waals surface area contributed by atoms with Gasteiger partial charge in [-0.3, -0.25) is 0 Å². The van der Waals surface area contributed by atoms with E-state index in [1.54, 1.807) is 0 Å². The molecule has 2 nitrogen and oxygen atoms in total. The average molecular weight is 222 g/mol. The Kier molecular flexibility index (Phi) is 2.15. The lowest BCUT2D eigenvalue weighted by atomic mass is 10.1. The van der Waals surface area contributed by atoms with Crippen molar-refractivity contribution in [3.63, 3.8) is 0 Å². The van der Waals surface area contributed by atoms with Gasteiger partial charge in [-0.25, -0.2) is 0 Å². The first-order chi connectivity index (χ1) is 8.24. The van der Waals surface area contributed by atoms with E-state index in [9.17, 15) is 0 Å². The van der Waals surface area contributed by atoms with Gasteiger partial charge in [0.05, 0.1) is 0 Å². The number of benzene rings is 2. The van der Waals surface area contributed by atoms with E-state index < -0.39 is 0 Å². The summed E-state index contributed by atoms with van der Waals surface area (Å²) in [6.07, 6.45) is 0. The topological polar surface area (TPSA) is 41.8 Å². The van der Waals surface area contributed by atoms with Crippen LogP contribution in [0, 0.1) is 6.92 Å². The molecule has 0 aliphatic carbocycles. The minimum absolute atomic E-state index is 0.832. The summed E-state index contributed by atoms with van der Waals surface area (Å²) in [6.45, 7) is 2.03. The van der Waals surface area contributed by atoms with Crippen LogP contribution < -0.4 is 5.73 Å². The number of fused-ring (bicyclic) bond motifs is 1. The number of aryl methyl sites for hydroxylation is 1. The lowest BCUT2D eigenvalue weighted by molar-refractivity contribution is 1.44. The zero-order valence-corrected chi connectivity index (χ0v) is 9.70. The number of hydrogen-bond donors (Lipinski definition) is 2. The Morgan fingerprint density at radius 1 is 1.00 bits per heavy atom. The van der Waals surface area contributed by atoms with Gasteiger partial charge in [0.1, 0.15) is 0 Å². The zero-order chi connectivity index (χ0) is 11.8. The van der Waals surface area contributed by atoms with E-state index in [1.807, 2.05) is 31.2 Å². The van der Waals surface area contributed by atoms with Crippen LogP contribution in [0.2, 0.25) is 0 Å². The number of anilines is 1. The van der Waals surface area contributed by atoms with E-state index in [0.717, 1.165) is 22.5 Å². The molecule has 0 fully saturated rings. The Morgan fingerprint density at radius 2 is 1.76 bits per heavy atom. The van der Waals surface area contributed by atoms with Crippen molar-refractivity contribution in [2.75, 3.05) is 5.73 Å². The van der Waals surface area contributed by atoms with Crippen molar-refractivity contribution >= 4 is 16.6 Å². The largest absolute Gasteiger partial charge is 0.398 e. The third-order valence-electron chi connectivity index (χ3n) is 3.09. The predicted molar refractivity (Wildman–Crippen MR) is 72.9 cm³/mol. The van der Waals surface area contributed by atoms with Gasteiger partial charge >= 0.3 is 0 Å². The molecule has 3 aromatic rings. The highest BCUT2D eigenvalue weighted by molar-refractivity contribution is 5.89. The fourth-order valence-electron chi connectivity index (χ4n) is 2.08. The normalized spacial score (nSPS) is 10.9. The van der Waals surface area contributed by atoms with Crippen LogP contribution in [0.4, 0.5) is 5.69 Å². The van der Waals surface area contributed by atoms with E-state index in [4.69, 9.17) is 5.73 Å². The molecular weight excluding hydrogens is 208 g/mol. The minimum Gasteiger partial charge on any atom is -0.398 e. The summed E-state index contributed by atoms with van der Waals surface area (Å²) in [5, 5.41) is 1.20. The second kappa shape index (κ2) is 3.67. The molecule has 2 heteroatoms. The summed E-state index contributed by atoms with van der Waals surface area (Å²) in [5.41, 5.74) is 11.3. The van der Waals surface area contributed by atoms with Crippen molar-refractivity contribution in [2.24, 2.45) is 0 Å². The molecule has 0 amide bonds. The minimum atomic E-state index is 0.832. The Balaban J connectivity index is 2.21. The van der Waals surface area contributed by atoms with Crippen molar-refractivity contribution in [1.82, 2.24) is 4.98 Å². The number of aromatic nitrogens is 1. The van der Waals surface area contributed by atoms with E-state index in [2.05, 4.69) is 29.2 Å². The highest BCUT2D eigenvalue weighted by Crippen LogP contribution is 2.26. The number of rotatable bonds is 1. The van der Waals surface area contributed by atoms with Crippen LogP contribution in [0.25, 0.3) is 22.2 Å². The molecule has 17 heavy (non-hydrogen) atoms. The van der Waals surface area contributed by atoms with Crippen LogP contribution in [0.3, 0.4) is 0 Å². The first-order valence-corrected chi connectivity index (χ1v) is 5.68. The van der Waals surface area contributed by atoms with Gasteiger partial charge in [0, 0.05) is 22.3 Å². The van der Waals surface area contributed by atoms with Crippen LogP contribution in [0.5, 0.6) is 0 Å². The third kappa shape index (κ3) is 1.68. The lowest BCUT2D eigenvalue weighted by Gasteiger charge is -1.98. The number of nitrogens with two attached hydrogens (primary N) is 1. The second-order valence-corrected chi connectivity index (χ2v) is 4.35. The maximum atomic E-state index is 5.91. The fraction of sp³-hybridized carbons (Fsp3) is 0.0667. The molecule has 0 spiro atoms. The van der Waals surface area contributed by atoms with Crippen LogP contribution in [-0.2, 0) is 0 Å². The van der Waals surface area contributed by atoms with Gasteiger partial charge in [-0.05, 0) is 36.2 Å². The van der Waals surface area contributed by atoms with Crippen molar-refractivity contribution in [3.8, 4) is 11.3 Å². The molecule has 3 rings (SSSR count). The highest BCUT2D eigenvalue weighted by atomic mass is 14.7. The molecule has 0 atom stereocenters. The highest BCUT2D eigenvalue weighted by Gasteiger charge is 2.04. The molecule has 0 unspecified atom stereocenters. The van der Waals surface area contributed by atoms with Gasteiger partial charge in [-0.1, -0.05) is 30.3 Å². The predicted octanol–water partition coefficient (Wildman–Crippen LogP) is 3.73. The first kappa shape index (κ1) is 9.97. The summed E-state index contributed by atoms with van der Waals surface area (Å²) in [5.74, 6) is 0. The molecule has 1 aromatic heterocycles. The SMILES string of the molecule is Cc1cc2cc(-c3ccccc3)[nH]c2cc1N. The summed E-state index contributed by atoms with van der Waals surface area (Å²) >= 11 is 0. The van der Waals surface area contributed by atoms with Crippen LogP contribution in [0.1, 0.15) is 5.56 Å². The molecular formula is C15H14N2. The smallest absolute Gasteiger partial charge is 0.0479 e. The molecule has 2 aromatic carbocycles. The van der Waals surface area contributed by atoms with Crippen LogP contribution in [-0.4, -0.2) is 4.98 Å². The standard InChI is InChI=1S/C15H14N2/c1-10-7-12-8-14(11-5-3-2-4-6-11)17-15(12)9-13(10)16/h2-9,17H,16H2,1H3. The quantitative estimate of drug-likeness (QED) is 0.605. The van der Waals surface area contributed by atoms with Crippen LogP contribution >= 0.6 is 0 Å². The van der Waals surface area contributed by atoms with Crippen molar-refractivity contribution in [3.05, 3.63) is 54.1 Å². The van der Waals surface area contributed by atoms with E-state index >= 15 is 0 Å². The summed E-state index contributed by atoms with van der Waals surface area (Å²) in [4.78, 5) is 3.40. The molecule has 1 heterocycles. The van der Waals surface area contributed by atoms with Crippen LogP contribution in [0.15, 0.2) is 48.5 Å². The Hall–Kier alpha value is -2.22. The fourth-order valence-corrected chi connectivity index (χ4v) is 2.08. The van der Waals surface area contributed by atoms with Crippen molar-refractivity contribution < 1.29 is 0 Å². The van der Waals surface area contributed by atoms with Gasteiger partial charge in [0.2, 0.25) is 0 Å². The summed E-state index contributed by atoms with van der Waals surface area (Å²) in [6, 6.07) is 16.6. The summed E-state index contributed by atoms with van der Waals surface area (Å²) in [7, 11) is 0. The number of nitrogen functional groups attached to an aromatic ring is 1. The van der Waals surface area contributed by atoms with E-state index in [1.165, 1.54) is 10.9 Å². The maximum absolute atomic E-state index is 5.91. The maximum Gasteiger partial charge on any atom is 0.0479 e. The monoisotopic (exact) mass is 222 g/mol. The zero-order valence-electron chi connectivity index (χ0n) is 9.70. The van der Waals surface area contributed by atoms with Gasteiger partial charge in [-0.2, -0.15) is 0 Å². The van der Waals surface area contributed by atoms with E-state index in [0.29, 0.717) is 0 Å². The number of aromatic amines is 1. The summed E-state index contributed by atoms with van der Waals surface area (Å²) < 4.78 is 0. The van der Waals surface area contributed by atoms with Crippen molar-refractivity contribution in [2.45, 2.75) is 6.92 Å². The molecule has 0 aliphatic rings. The number of nitrogens with one attached hydrogen (secondary N) is 1.